The Bertz CT molecular complexity index is 451. The van der Waals surface area contributed by atoms with Crippen LogP contribution in [0.1, 0.15) is 23.8 Å². The fourth-order valence-electron chi connectivity index (χ4n) is 1.79. The molecule has 1 aromatic carbocycles. The third-order valence-corrected chi connectivity index (χ3v) is 2.77. The molecule has 0 spiro atoms. The van der Waals surface area contributed by atoms with Gasteiger partial charge < -0.3 is 14.5 Å². The first-order valence-electron chi connectivity index (χ1n) is 6.27. The third kappa shape index (κ3) is 3.72. The zero-order chi connectivity index (χ0) is 12.6. The molecule has 3 heteroatoms. The van der Waals surface area contributed by atoms with Crippen LogP contribution in [0.5, 0.6) is 0 Å². The van der Waals surface area contributed by atoms with Gasteiger partial charge in [0.25, 0.3) is 0 Å². The molecule has 1 heterocycles. The van der Waals surface area contributed by atoms with Crippen molar-refractivity contribution in [2.45, 2.75) is 26.7 Å². The molecule has 0 unspecified atom stereocenters. The lowest BCUT2D eigenvalue weighted by Gasteiger charge is -2.09. The van der Waals surface area contributed by atoms with Crippen molar-refractivity contribution in [1.29, 1.82) is 0 Å². The van der Waals surface area contributed by atoms with E-state index in [0.717, 1.165) is 18.8 Å². The first-order valence-corrected chi connectivity index (χ1v) is 6.27. The molecule has 2 aromatic rings. The van der Waals surface area contributed by atoms with E-state index in [2.05, 4.69) is 30.4 Å². The summed E-state index contributed by atoms with van der Waals surface area (Å²) in [5.74, 6) is 0.860. The van der Waals surface area contributed by atoms with Crippen molar-refractivity contribution in [2.75, 3.05) is 6.54 Å². The number of hydrogen-bond donors (Lipinski definition) is 1. The van der Waals surface area contributed by atoms with Crippen LogP contribution in [0.3, 0.4) is 0 Å². The Balaban J connectivity index is 1.87. The summed E-state index contributed by atoms with van der Waals surface area (Å²) < 4.78 is 10.9. The van der Waals surface area contributed by atoms with Gasteiger partial charge in [-0.1, -0.05) is 31.2 Å². The molecule has 0 saturated carbocycles. The summed E-state index contributed by atoms with van der Waals surface area (Å²) >= 11 is 0. The largest absolute Gasteiger partial charge is 0.467 e. The van der Waals surface area contributed by atoms with Crippen molar-refractivity contribution in [3.05, 3.63) is 59.5 Å². The van der Waals surface area contributed by atoms with Gasteiger partial charge in [-0.15, -0.1) is 0 Å². The van der Waals surface area contributed by atoms with Gasteiger partial charge in [0.05, 0.1) is 12.9 Å². The Morgan fingerprint density at radius 1 is 1.06 bits per heavy atom. The topological polar surface area (TPSA) is 34.4 Å². The molecule has 0 amide bonds. The molecule has 2 rings (SSSR count). The van der Waals surface area contributed by atoms with Crippen molar-refractivity contribution < 1.29 is 9.15 Å². The molecule has 0 atom stereocenters. The summed E-state index contributed by atoms with van der Waals surface area (Å²) in [5.41, 5.74) is 2.52. The fraction of sp³-hybridized carbons (Fsp3) is 0.333. The Morgan fingerprint density at radius 2 is 1.89 bits per heavy atom. The third-order valence-electron chi connectivity index (χ3n) is 2.77. The van der Waals surface area contributed by atoms with Gasteiger partial charge in [-0.3, -0.25) is 0 Å². The molecular formula is C15H19NO2. The standard InChI is InChI=1S/C15H19NO2/c1-2-16-10-13-6-3-4-7-14(13)11-17-12-15-8-5-9-18-15/h3-9,16H,2,10-12H2,1H3. The molecular weight excluding hydrogens is 226 g/mol. The van der Waals surface area contributed by atoms with Gasteiger partial charge in [0, 0.05) is 6.54 Å². The van der Waals surface area contributed by atoms with Gasteiger partial charge in [0.1, 0.15) is 12.4 Å². The number of benzene rings is 1. The van der Waals surface area contributed by atoms with Crippen molar-refractivity contribution in [3.63, 3.8) is 0 Å². The van der Waals surface area contributed by atoms with Crippen molar-refractivity contribution >= 4 is 0 Å². The van der Waals surface area contributed by atoms with Gasteiger partial charge in [-0.2, -0.15) is 0 Å². The minimum absolute atomic E-state index is 0.516. The second-order valence-corrected chi connectivity index (χ2v) is 4.12. The highest BCUT2D eigenvalue weighted by Crippen LogP contribution is 2.11. The van der Waals surface area contributed by atoms with Crippen LogP contribution in [0.2, 0.25) is 0 Å². The van der Waals surface area contributed by atoms with Gasteiger partial charge in [-0.25, -0.2) is 0 Å². The van der Waals surface area contributed by atoms with Crippen molar-refractivity contribution in [2.24, 2.45) is 0 Å². The first-order chi connectivity index (χ1) is 8.90. The maximum Gasteiger partial charge on any atom is 0.129 e. The molecule has 3 nitrogen and oxygen atoms in total. The predicted octanol–water partition coefficient (Wildman–Crippen LogP) is 3.11. The summed E-state index contributed by atoms with van der Waals surface area (Å²) in [6.45, 7) is 5.10. The van der Waals surface area contributed by atoms with E-state index in [9.17, 15) is 0 Å². The zero-order valence-corrected chi connectivity index (χ0v) is 10.7. The molecule has 96 valence electrons. The Morgan fingerprint density at radius 3 is 2.61 bits per heavy atom. The summed E-state index contributed by atoms with van der Waals surface area (Å²) in [6.07, 6.45) is 1.66. The Hall–Kier alpha value is -1.58. The highest BCUT2D eigenvalue weighted by atomic mass is 16.5. The summed E-state index contributed by atoms with van der Waals surface area (Å²) in [6, 6.07) is 12.1. The lowest BCUT2D eigenvalue weighted by Crippen LogP contribution is -2.13. The smallest absolute Gasteiger partial charge is 0.129 e. The van der Waals surface area contributed by atoms with Crippen LogP contribution in [-0.4, -0.2) is 6.54 Å². The quantitative estimate of drug-likeness (QED) is 0.814. The Labute approximate surface area is 108 Å². The zero-order valence-electron chi connectivity index (χ0n) is 10.7. The van der Waals surface area contributed by atoms with E-state index in [1.165, 1.54) is 11.1 Å². The highest BCUT2D eigenvalue weighted by molar-refractivity contribution is 5.26. The molecule has 0 fully saturated rings. The molecule has 0 radical (unpaired) electrons. The summed E-state index contributed by atoms with van der Waals surface area (Å²) in [5, 5.41) is 3.33. The molecule has 0 aliphatic carbocycles. The van der Waals surface area contributed by atoms with Crippen LogP contribution in [0.4, 0.5) is 0 Å². The minimum atomic E-state index is 0.516. The fourth-order valence-corrected chi connectivity index (χ4v) is 1.79. The van der Waals surface area contributed by atoms with Crippen molar-refractivity contribution in [1.82, 2.24) is 5.32 Å². The normalized spacial score (nSPS) is 10.7. The molecule has 1 aromatic heterocycles. The summed E-state index contributed by atoms with van der Waals surface area (Å²) in [7, 11) is 0. The number of furan rings is 1. The van der Waals surface area contributed by atoms with E-state index >= 15 is 0 Å². The van der Waals surface area contributed by atoms with Crippen LogP contribution in [-0.2, 0) is 24.5 Å². The number of hydrogen-bond acceptors (Lipinski definition) is 3. The molecule has 0 aliphatic heterocycles. The van der Waals surface area contributed by atoms with Crippen molar-refractivity contribution in [3.8, 4) is 0 Å². The van der Waals surface area contributed by atoms with E-state index in [1.54, 1.807) is 6.26 Å². The maximum absolute atomic E-state index is 5.66. The van der Waals surface area contributed by atoms with Gasteiger partial charge >= 0.3 is 0 Å². The van der Waals surface area contributed by atoms with Crippen LogP contribution < -0.4 is 5.32 Å². The van der Waals surface area contributed by atoms with E-state index in [1.807, 2.05) is 18.2 Å². The van der Waals surface area contributed by atoms with Crippen LogP contribution in [0.25, 0.3) is 0 Å². The number of nitrogens with one attached hydrogen (secondary N) is 1. The van der Waals surface area contributed by atoms with Crippen LogP contribution in [0, 0.1) is 0 Å². The monoisotopic (exact) mass is 245 g/mol. The lowest BCUT2D eigenvalue weighted by molar-refractivity contribution is 0.0924. The second kappa shape index (κ2) is 6.99. The number of rotatable bonds is 7. The highest BCUT2D eigenvalue weighted by Gasteiger charge is 2.02. The van der Waals surface area contributed by atoms with Gasteiger partial charge in [0.2, 0.25) is 0 Å². The van der Waals surface area contributed by atoms with Gasteiger partial charge in [0.15, 0.2) is 0 Å². The average molecular weight is 245 g/mol. The minimum Gasteiger partial charge on any atom is -0.467 e. The molecule has 0 aliphatic rings. The SMILES string of the molecule is CCNCc1ccccc1COCc1ccco1. The number of ether oxygens (including phenoxy) is 1. The molecule has 0 bridgehead atoms. The van der Waals surface area contributed by atoms with Crippen LogP contribution in [0.15, 0.2) is 47.1 Å². The van der Waals surface area contributed by atoms with E-state index < -0.39 is 0 Å². The van der Waals surface area contributed by atoms with E-state index in [0.29, 0.717) is 13.2 Å². The summed E-state index contributed by atoms with van der Waals surface area (Å²) in [4.78, 5) is 0. The second-order valence-electron chi connectivity index (χ2n) is 4.12. The van der Waals surface area contributed by atoms with E-state index in [-0.39, 0.29) is 0 Å². The molecule has 1 N–H and O–H groups in total. The Kier molecular flexibility index (Phi) is 5.00. The predicted molar refractivity (Wildman–Crippen MR) is 71.0 cm³/mol. The van der Waals surface area contributed by atoms with Crippen LogP contribution >= 0.6 is 0 Å². The average Bonchev–Trinajstić information content (AvgIpc) is 2.91. The van der Waals surface area contributed by atoms with E-state index in [4.69, 9.17) is 9.15 Å². The first kappa shape index (κ1) is 12.9. The molecule has 0 saturated heterocycles. The van der Waals surface area contributed by atoms with Gasteiger partial charge in [-0.05, 0) is 29.8 Å². The maximum atomic E-state index is 5.66. The molecule has 18 heavy (non-hydrogen) atoms. The lowest BCUT2D eigenvalue weighted by atomic mass is 10.1.